The third kappa shape index (κ3) is 0.820. The van der Waals surface area contributed by atoms with Gasteiger partial charge < -0.3 is 10.9 Å². The fourth-order valence-corrected chi connectivity index (χ4v) is 3.10. The summed E-state index contributed by atoms with van der Waals surface area (Å²) < 4.78 is 0. The Bertz CT molecular complexity index is 390. The van der Waals surface area contributed by atoms with E-state index in [2.05, 4.69) is 5.10 Å². The number of rotatable bonds is 1. The molecule has 82 valence electrons. The van der Waals surface area contributed by atoms with Crippen LogP contribution in [0.15, 0.2) is 5.10 Å². The highest BCUT2D eigenvalue weighted by Crippen LogP contribution is 2.62. The lowest BCUT2D eigenvalue weighted by atomic mass is 9.69. The SMILES string of the molecule is CC12CCC(/C(=N/N)C1=O)C2(C)C(=O)O. The van der Waals surface area contributed by atoms with E-state index in [0.717, 1.165) is 0 Å². The molecule has 2 bridgehead atoms. The summed E-state index contributed by atoms with van der Waals surface area (Å²) in [5, 5.41) is 12.8. The van der Waals surface area contributed by atoms with E-state index in [4.69, 9.17) is 5.84 Å². The van der Waals surface area contributed by atoms with Gasteiger partial charge in [0.2, 0.25) is 0 Å². The molecule has 2 saturated carbocycles. The zero-order valence-corrected chi connectivity index (χ0v) is 8.78. The molecule has 2 fully saturated rings. The van der Waals surface area contributed by atoms with E-state index < -0.39 is 16.8 Å². The summed E-state index contributed by atoms with van der Waals surface area (Å²) in [6, 6.07) is 0. The van der Waals surface area contributed by atoms with Crippen LogP contribution in [0.3, 0.4) is 0 Å². The van der Waals surface area contributed by atoms with Gasteiger partial charge in [0.1, 0.15) is 5.71 Å². The first kappa shape index (κ1) is 10.1. The number of hydrogen-bond donors (Lipinski definition) is 2. The lowest BCUT2D eigenvalue weighted by Gasteiger charge is -2.31. The van der Waals surface area contributed by atoms with Crippen molar-refractivity contribution in [3.63, 3.8) is 0 Å². The Morgan fingerprint density at radius 2 is 2.20 bits per heavy atom. The van der Waals surface area contributed by atoms with Gasteiger partial charge >= 0.3 is 5.97 Å². The van der Waals surface area contributed by atoms with Crippen molar-refractivity contribution in [2.75, 3.05) is 0 Å². The van der Waals surface area contributed by atoms with Crippen LogP contribution >= 0.6 is 0 Å². The van der Waals surface area contributed by atoms with Gasteiger partial charge in [0.15, 0.2) is 5.78 Å². The van der Waals surface area contributed by atoms with Crippen LogP contribution in [0.5, 0.6) is 0 Å². The second-order valence-corrected chi connectivity index (χ2v) is 4.77. The molecule has 0 heterocycles. The number of ketones is 1. The summed E-state index contributed by atoms with van der Waals surface area (Å²) in [5.74, 6) is 3.72. The number of carbonyl (C=O) groups excluding carboxylic acids is 1. The number of nitrogens with zero attached hydrogens (tertiary/aromatic N) is 1. The van der Waals surface area contributed by atoms with Gasteiger partial charge in [0.05, 0.1) is 5.41 Å². The Morgan fingerprint density at radius 3 is 2.53 bits per heavy atom. The predicted octanol–water partition coefficient (Wildman–Crippen LogP) is 0.391. The summed E-state index contributed by atoms with van der Waals surface area (Å²) in [6.07, 6.45) is 1.29. The highest BCUT2D eigenvalue weighted by atomic mass is 16.4. The van der Waals surface area contributed by atoms with Gasteiger partial charge in [0, 0.05) is 11.3 Å². The van der Waals surface area contributed by atoms with Crippen LogP contribution in [0.2, 0.25) is 0 Å². The number of carboxylic acid groups (broad SMARTS) is 1. The van der Waals surface area contributed by atoms with E-state index in [9.17, 15) is 14.7 Å². The number of hydrogen-bond acceptors (Lipinski definition) is 4. The fraction of sp³-hybridized carbons (Fsp3) is 0.700. The van der Waals surface area contributed by atoms with Crippen molar-refractivity contribution in [1.29, 1.82) is 0 Å². The molecule has 0 spiro atoms. The minimum absolute atomic E-state index is 0.189. The largest absolute Gasteiger partial charge is 0.481 e. The molecular formula is C10H14N2O3. The zero-order chi connectivity index (χ0) is 11.4. The Balaban J connectivity index is 2.63. The fourth-order valence-electron chi connectivity index (χ4n) is 3.10. The smallest absolute Gasteiger partial charge is 0.311 e. The lowest BCUT2D eigenvalue weighted by molar-refractivity contribution is -0.156. The highest BCUT2D eigenvalue weighted by molar-refractivity contribution is 6.46. The second-order valence-electron chi connectivity index (χ2n) is 4.77. The van der Waals surface area contributed by atoms with Crippen molar-refractivity contribution in [2.24, 2.45) is 27.7 Å². The third-order valence-electron chi connectivity index (χ3n) is 4.42. The zero-order valence-electron chi connectivity index (χ0n) is 8.78. The van der Waals surface area contributed by atoms with Crippen molar-refractivity contribution in [3.05, 3.63) is 0 Å². The van der Waals surface area contributed by atoms with Gasteiger partial charge in [-0.1, -0.05) is 6.92 Å². The Kier molecular flexibility index (Phi) is 1.75. The molecule has 0 amide bonds. The van der Waals surface area contributed by atoms with Crippen LogP contribution in [0.4, 0.5) is 0 Å². The summed E-state index contributed by atoms with van der Waals surface area (Å²) in [6.45, 7) is 3.34. The molecule has 5 nitrogen and oxygen atoms in total. The number of aliphatic carboxylic acids is 1. The van der Waals surface area contributed by atoms with Crippen LogP contribution in [-0.2, 0) is 9.59 Å². The monoisotopic (exact) mass is 210 g/mol. The summed E-state index contributed by atoms with van der Waals surface area (Å²) >= 11 is 0. The average molecular weight is 210 g/mol. The van der Waals surface area contributed by atoms with Crippen LogP contribution < -0.4 is 5.84 Å². The predicted molar refractivity (Wildman–Crippen MR) is 53.2 cm³/mol. The molecule has 2 aliphatic rings. The number of nitrogens with two attached hydrogens (primary N) is 1. The molecule has 3 atom stereocenters. The minimum atomic E-state index is -1.04. The van der Waals surface area contributed by atoms with Gasteiger partial charge in [-0.3, -0.25) is 9.59 Å². The Hall–Kier alpha value is -1.39. The Morgan fingerprint density at radius 1 is 1.60 bits per heavy atom. The number of Topliss-reactive ketones (excluding diaryl/α,β-unsaturated/α-hetero) is 1. The number of carbonyl (C=O) groups is 2. The molecule has 0 aromatic heterocycles. The molecular weight excluding hydrogens is 196 g/mol. The quantitative estimate of drug-likeness (QED) is 0.483. The number of hydrazone groups is 1. The standard InChI is InChI=1S/C10H14N2O3/c1-9-4-3-5(6(12-11)7(9)13)10(9,2)8(14)15/h5H,3-4,11H2,1-2H3,(H,14,15)/b12-6-. The van der Waals surface area contributed by atoms with Gasteiger partial charge in [0.25, 0.3) is 0 Å². The molecule has 2 rings (SSSR count). The van der Waals surface area contributed by atoms with E-state index in [1.807, 2.05) is 0 Å². The molecule has 0 aromatic rings. The minimum Gasteiger partial charge on any atom is -0.481 e. The normalized spacial score (nSPS) is 46.4. The number of fused-ring (bicyclic) bond motifs is 2. The summed E-state index contributed by atoms with van der Waals surface area (Å²) in [5.41, 5.74) is -1.61. The van der Waals surface area contributed by atoms with E-state index in [1.54, 1.807) is 13.8 Å². The van der Waals surface area contributed by atoms with E-state index in [0.29, 0.717) is 12.8 Å². The molecule has 3 unspecified atom stereocenters. The third-order valence-corrected chi connectivity index (χ3v) is 4.42. The first-order valence-electron chi connectivity index (χ1n) is 4.95. The van der Waals surface area contributed by atoms with Crippen molar-refractivity contribution in [1.82, 2.24) is 0 Å². The number of carboxylic acids is 1. The van der Waals surface area contributed by atoms with Gasteiger partial charge in [-0.15, -0.1) is 0 Å². The first-order valence-corrected chi connectivity index (χ1v) is 4.95. The second kappa shape index (κ2) is 2.59. The van der Waals surface area contributed by atoms with Gasteiger partial charge in [-0.25, -0.2) is 0 Å². The molecule has 2 aliphatic carbocycles. The lowest BCUT2D eigenvalue weighted by Crippen LogP contribution is -2.41. The van der Waals surface area contributed by atoms with Crippen LogP contribution in [0, 0.1) is 16.7 Å². The van der Waals surface area contributed by atoms with Gasteiger partial charge in [-0.05, 0) is 19.8 Å². The molecule has 0 radical (unpaired) electrons. The van der Waals surface area contributed by atoms with E-state index in [-0.39, 0.29) is 17.4 Å². The molecule has 0 aromatic carbocycles. The maximum atomic E-state index is 12.0. The van der Waals surface area contributed by atoms with Crippen LogP contribution in [-0.4, -0.2) is 22.6 Å². The molecule has 15 heavy (non-hydrogen) atoms. The van der Waals surface area contributed by atoms with E-state index >= 15 is 0 Å². The first-order chi connectivity index (χ1) is 6.89. The molecule has 0 saturated heterocycles. The average Bonchev–Trinajstić information content (AvgIpc) is 2.53. The van der Waals surface area contributed by atoms with Gasteiger partial charge in [-0.2, -0.15) is 5.10 Å². The summed E-state index contributed by atoms with van der Waals surface area (Å²) in [4.78, 5) is 23.3. The maximum Gasteiger partial charge on any atom is 0.311 e. The summed E-state index contributed by atoms with van der Waals surface area (Å²) in [7, 11) is 0. The highest BCUT2D eigenvalue weighted by Gasteiger charge is 2.71. The van der Waals surface area contributed by atoms with Crippen molar-refractivity contribution in [3.8, 4) is 0 Å². The van der Waals surface area contributed by atoms with Crippen LogP contribution in [0.1, 0.15) is 26.7 Å². The van der Waals surface area contributed by atoms with Crippen molar-refractivity contribution < 1.29 is 14.7 Å². The molecule has 5 heteroatoms. The van der Waals surface area contributed by atoms with Crippen LogP contribution in [0.25, 0.3) is 0 Å². The molecule has 0 aliphatic heterocycles. The topological polar surface area (TPSA) is 92.8 Å². The maximum absolute atomic E-state index is 12.0. The Labute approximate surface area is 87.3 Å². The van der Waals surface area contributed by atoms with Crippen molar-refractivity contribution in [2.45, 2.75) is 26.7 Å². The van der Waals surface area contributed by atoms with E-state index in [1.165, 1.54) is 0 Å². The molecule has 3 N–H and O–H groups in total. The van der Waals surface area contributed by atoms with Crippen molar-refractivity contribution >= 4 is 17.5 Å².